The molecule has 0 radical (unpaired) electrons. The number of nitrogens with one attached hydrogen (secondary N) is 2. The lowest BCUT2D eigenvalue weighted by atomic mass is 10.1. The van der Waals surface area contributed by atoms with Crippen molar-refractivity contribution in [3.63, 3.8) is 0 Å². The van der Waals surface area contributed by atoms with Crippen LogP contribution in [0.5, 0.6) is 0 Å². The average molecular weight is 461 g/mol. The van der Waals surface area contributed by atoms with E-state index in [1.165, 1.54) is 48.5 Å². The molecule has 13 heteroatoms. The number of hydrogen-bond donors (Lipinski definition) is 3. The molecule has 0 fully saturated rings. The molecular weight excluding hydrogens is 442 g/mol. The van der Waals surface area contributed by atoms with Crippen molar-refractivity contribution in [1.29, 1.82) is 0 Å². The number of non-ortho nitro benzene ring substituents is 1. The third-order valence-corrected chi connectivity index (χ3v) is 4.25. The van der Waals surface area contributed by atoms with Gasteiger partial charge in [-0.15, -0.1) is 0 Å². The Morgan fingerprint density at radius 2 is 1.48 bits per heavy atom. The van der Waals surface area contributed by atoms with Gasteiger partial charge in [-0.25, -0.2) is 9.59 Å². The first kappa shape index (κ1) is 24.9. The van der Waals surface area contributed by atoms with Crippen LogP contribution in [0.1, 0.15) is 20.7 Å². The van der Waals surface area contributed by atoms with Crippen LogP contribution in [-0.4, -0.2) is 60.1 Å². The molecule has 0 saturated heterocycles. The van der Waals surface area contributed by atoms with Crippen molar-refractivity contribution in [2.24, 2.45) is 0 Å². The van der Waals surface area contributed by atoms with Crippen LogP contribution >= 0.6 is 0 Å². The molecule has 2 rings (SSSR count). The molecule has 0 aliphatic heterocycles. The standard InChI is InChI=1S/C20H19N3O10/c1-31-16(19(26)27)15(20(28)33-32-2)22-18(25)11-3-7-13(8-4-11)21-17(24)12-5-9-14(10-6-12)23(29)30/h3-10,15-16H,1-2H3,(H,21,24)(H,22,25)(H,26,27)/t15-,16+/m1/s1. The molecule has 13 nitrogen and oxygen atoms in total. The number of nitro groups is 1. The smallest absolute Gasteiger partial charge is 0.367 e. The van der Waals surface area contributed by atoms with Gasteiger partial charge in [0.15, 0.2) is 12.1 Å². The molecule has 2 amide bonds. The number of ether oxygens (including phenoxy) is 1. The van der Waals surface area contributed by atoms with E-state index in [1.54, 1.807) is 0 Å². The van der Waals surface area contributed by atoms with Crippen LogP contribution in [0, 0.1) is 10.1 Å². The molecule has 2 aromatic rings. The molecule has 0 spiro atoms. The monoisotopic (exact) mass is 461 g/mol. The minimum absolute atomic E-state index is 0.0405. The Balaban J connectivity index is 2.10. The topological polar surface area (TPSA) is 183 Å². The Kier molecular flexibility index (Phi) is 8.54. The minimum Gasteiger partial charge on any atom is -0.479 e. The summed E-state index contributed by atoms with van der Waals surface area (Å²) in [5.41, 5.74) is 0.374. The van der Waals surface area contributed by atoms with Crippen molar-refractivity contribution >= 4 is 35.1 Å². The van der Waals surface area contributed by atoms with E-state index in [0.717, 1.165) is 14.2 Å². The average Bonchev–Trinajstić information content (AvgIpc) is 2.79. The zero-order valence-corrected chi connectivity index (χ0v) is 17.3. The summed E-state index contributed by atoms with van der Waals surface area (Å²) in [4.78, 5) is 66.7. The summed E-state index contributed by atoms with van der Waals surface area (Å²) in [6, 6.07) is 8.70. The predicted octanol–water partition coefficient (Wildman–Crippen LogP) is 1.15. The second-order valence-electron chi connectivity index (χ2n) is 6.35. The van der Waals surface area contributed by atoms with Gasteiger partial charge >= 0.3 is 11.9 Å². The second-order valence-corrected chi connectivity index (χ2v) is 6.35. The zero-order chi connectivity index (χ0) is 24.5. The largest absolute Gasteiger partial charge is 0.479 e. The Morgan fingerprint density at radius 3 is 1.97 bits per heavy atom. The number of benzene rings is 2. The zero-order valence-electron chi connectivity index (χ0n) is 17.3. The van der Waals surface area contributed by atoms with Gasteiger partial charge in [0.25, 0.3) is 17.5 Å². The first-order chi connectivity index (χ1) is 15.7. The van der Waals surface area contributed by atoms with Crippen LogP contribution < -0.4 is 10.6 Å². The van der Waals surface area contributed by atoms with E-state index in [-0.39, 0.29) is 16.8 Å². The Labute approximate surface area is 186 Å². The number of aliphatic carboxylic acids is 1. The van der Waals surface area contributed by atoms with Gasteiger partial charge in [-0.3, -0.25) is 24.6 Å². The molecule has 0 bridgehead atoms. The fraction of sp³-hybridized carbons (Fsp3) is 0.200. The minimum atomic E-state index is -1.74. The van der Waals surface area contributed by atoms with Crippen molar-refractivity contribution < 1.29 is 43.7 Å². The van der Waals surface area contributed by atoms with E-state index in [1.807, 2.05) is 0 Å². The van der Waals surface area contributed by atoms with Gasteiger partial charge in [0, 0.05) is 36.1 Å². The molecule has 0 unspecified atom stereocenters. The van der Waals surface area contributed by atoms with Crippen molar-refractivity contribution in [2.45, 2.75) is 12.1 Å². The molecule has 33 heavy (non-hydrogen) atoms. The molecule has 0 aliphatic rings. The number of hydrogen-bond acceptors (Lipinski definition) is 9. The highest BCUT2D eigenvalue weighted by atomic mass is 17.2. The number of nitro benzene ring substituents is 1. The van der Waals surface area contributed by atoms with Gasteiger partial charge < -0.3 is 20.5 Å². The number of carboxylic acids is 1. The van der Waals surface area contributed by atoms with E-state index in [2.05, 4.69) is 20.4 Å². The number of rotatable bonds is 10. The molecule has 2 aromatic carbocycles. The summed E-state index contributed by atoms with van der Waals surface area (Å²) in [6.45, 7) is 0. The highest BCUT2D eigenvalue weighted by molar-refractivity contribution is 6.05. The van der Waals surface area contributed by atoms with Crippen LogP contribution in [0.2, 0.25) is 0 Å². The summed E-state index contributed by atoms with van der Waals surface area (Å²) in [7, 11) is 2.07. The maximum atomic E-state index is 12.5. The van der Waals surface area contributed by atoms with Gasteiger partial charge in [0.1, 0.15) is 0 Å². The van der Waals surface area contributed by atoms with Crippen LogP contribution in [0.4, 0.5) is 11.4 Å². The van der Waals surface area contributed by atoms with Crippen molar-refractivity contribution in [2.75, 3.05) is 19.5 Å². The lowest BCUT2D eigenvalue weighted by Gasteiger charge is -2.21. The molecule has 2 atom stereocenters. The number of methoxy groups -OCH3 is 1. The lowest BCUT2D eigenvalue weighted by molar-refractivity contribution is -0.384. The van der Waals surface area contributed by atoms with E-state index in [4.69, 9.17) is 4.74 Å². The van der Waals surface area contributed by atoms with Crippen LogP contribution in [-0.2, 0) is 24.1 Å². The van der Waals surface area contributed by atoms with Crippen LogP contribution in [0.25, 0.3) is 0 Å². The molecule has 0 aliphatic carbocycles. The Morgan fingerprint density at radius 1 is 0.939 bits per heavy atom. The van der Waals surface area contributed by atoms with Gasteiger partial charge in [-0.2, -0.15) is 4.89 Å². The number of carbonyl (C=O) groups is 4. The number of carboxylic acid groups (broad SMARTS) is 1. The summed E-state index contributed by atoms with van der Waals surface area (Å²) in [5, 5.41) is 24.7. The highest BCUT2D eigenvalue weighted by Crippen LogP contribution is 2.15. The van der Waals surface area contributed by atoms with E-state index < -0.39 is 40.8 Å². The SMILES string of the molecule is COOC(=O)[C@H](NC(=O)c1ccc(NC(=O)c2ccc([N+](=O)[O-])cc2)cc1)[C@H](OC)C(=O)O. The fourth-order valence-corrected chi connectivity index (χ4v) is 2.64. The van der Waals surface area contributed by atoms with Crippen molar-refractivity contribution in [3.05, 3.63) is 69.8 Å². The molecule has 3 N–H and O–H groups in total. The van der Waals surface area contributed by atoms with Gasteiger partial charge in [0.2, 0.25) is 0 Å². The number of anilines is 1. The Hall–Kier alpha value is -4.36. The fourth-order valence-electron chi connectivity index (χ4n) is 2.64. The predicted molar refractivity (Wildman–Crippen MR) is 110 cm³/mol. The van der Waals surface area contributed by atoms with Gasteiger partial charge in [-0.1, -0.05) is 0 Å². The van der Waals surface area contributed by atoms with Gasteiger partial charge in [-0.05, 0) is 36.4 Å². The molecule has 0 aromatic heterocycles. The number of nitrogens with zero attached hydrogens (tertiary/aromatic N) is 1. The third kappa shape index (κ3) is 6.56. The maximum Gasteiger partial charge on any atom is 0.367 e. The third-order valence-electron chi connectivity index (χ3n) is 4.25. The maximum absolute atomic E-state index is 12.5. The summed E-state index contributed by atoms with van der Waals surface area (Å²) in [6.07, 6.45) is -1.74. The normalized spacial score (nSPS) is 12.2. The first-order valence-corrected chi connectivity index (χ1v) is 9.14. The summed E-state index contributed by atoms with van der Waals surface area (Å²) >= 11 is 0. The van der Waals surface area contributed by atoms with Crippen LogP contribution in [0.3, 0.4) is 0 Å². The van der Waals surface area contributed by atoms with Crippen molar-refractivity contribution in [1.82, 2.24) is 5.32 Å². The lowest BCUT2D eigenvalue weighted by Crippen LogP contribution is -2.53. The van der Waals surface area contributed by atoms with E-state index in [0.29, 0.717) is 5.69 Å². The van der Waals surface area contributed by atoms with Crippen LogP contribution in [0.15, 0.2) is 48.5 Å². The summed E-state index contributed by atoms with van der Waals surface area (Å²) < 4.78 is 4.75. The molecule has 174 valence electrons. The first-order valence-electron chi connectivity index (χ1n) is 9.14. The molecule has 0 heterocycles. The summed E-state index contributed by atoms with van der Waals surface area (Å²) in [5.74, 6) is -4.05. The van der Waals surface area contributed by atoms with E-state index in [9.17, 15) is 34.4 Å². The highest BCUT2D eigenvalue weighted by Gasteiger charge is 2.37. The molecule has 0 saturated carbocycles. The quantitative estimate of drug-likeness (QED) is 0.263. The Bertz CT molecular complexity index is 1040. The van der Waals surface area contributed by atoms with E-state index >= 15 is 0 Å². The van der Waals surface area contributed by atoms with Gasteiger partial charge in [0.05, 0.1) is 12.0 Å². The van der Waals surface area contributed by atoms with Crippen molar-refractivity contribution in [3.8, 4) is 0 Å². The number of amides is 2. The molecular formula is C20H19N3O10. The number of carbonyl (C=O) groups excluding carboxylic acids is 3. The second kappa shape index (κ2) is 11.3.